The van der Waals surface area contributed by atoms with Gasteiger partial charge in [0.15, 0.2) is 0 Å². The number of piperidine rings is 1. The van der Waals surface area contributed by atoms with E-state index in [4.69, 9.17) is 16.4 Å². The third kappa shape index (κ3) is 5.77. The highest BCUT2D eigenvalue weighted by Gasteiger charge is 2.22. The Hall–Kier alpha value is -4.00. The van der Waals surface area contributed by atoms with Crippen molar-refractivity contribution in [2.24, 2.45) is 12.8 Å². The second-order valence-corrected chi connectivity index (χ2v) is 10.2. The molecule has 1 aliphatic rings. The van der Waals surface area contributed by atoms with Gasteiger partial charge in [0.2, 0.25) is 0 Å². The highest BCUT2D eigenvalue weighted by molar-refractivity contribution is 6.00. The summed E-state index contributed by atoms with van der Waals surface area (Å²) in [5, 5.41) is 20.4. The Kier molecular flexibility index (Phi) is 8.25. The van der Waals surface area contributed by atoms with Crippen molar-refractivity contribution in [2.45, 2.75) is 38.4 Å². The Morgan fingerprint density at radius 1 is 1.29 bits per heavy atom. The van der Waals surface area contributed by atoms with Gasteiger partial charge in [-0.3, -0.25) is 15.1 Å². The number of fused-ring (bicyclic) bond motifs is 1. The molecule has 198 valence electrons. The molecular formula is C29H36N8O. The third-order valence-corrected chi connectivity index (χ3v) is 7.37. The zero-order valence-corrected chi connectivity index (χ0v) is 22.5. The fourth-order valence-electron chi connectivity index (χ4n) is 5.02. The van der Waals surface area contributed by atoms with E-state index in [0.717, 1.165) is 60.2 Å². The highest BCUT2D eigenvalue weighted by Crippen LogP contribution is 2.31. The second-order valence-electron chi connectivity index (χ2n) is 10.2. The summed E-state index contributed by atoms with van der Waals surface area (Å²) in [5.41, 5.74) is 11.8. The number of benzene rings is 1. The van der Waals surface area contributed by atoms with Gasteiger partial charge in [0.05, 0.1) is 0 Å². The van der Waals surface area contributed by atoms with Crippen molar-refractivity contribution in [1.29, 1.82) is 10.7 Å². The smallest absolute Gasteiger partial charge is 0.253 e. The number of nitrogens with one attached hydrogen (secondary N) is 2. The molecule has 1 aliphatic heterocycles. The first-order valence-corrected chi connectivity index (χ1v) is 12.8. The first-order valence-electron chi connectivity index (χ1n) is 12.8. The topological polar surface area (TPSA) is 127 Å². The first kappa shape index (κ1) is 27.0. The number of nitrogens with zero attached hydrogens (tertiary/aromatic N) is 5. The second kappa shape index (κ2) is 11.6. The number of carbonyl (C=O) groups excluding carboxylic acids is 1. The number of carbonyl (C=O) groups is 1. The number of hydrogen-bond acceptors (Lipinski definition) is 7. The minimum Gasteiger partial charge on any atom is -0.370 e. The fourth-order valence-corrected chi connectivity index (χ4v) is 5.02. The van der Waals surface area contributed by atoms with Crippen LogP contribution < -0.4 is 11.1 Å². The number of allylic oxidation sites excluding steroid dienone is 1. The molecule has 1 aromatic carbocycles. The number of pyridine rings is 1. The maximum atomic E-state index is 12.2. The summed E-state index contributed by atoms with van der Waals surface area (Å²) in [4.78, 5) is 20.9. The van der Waals surface area contributed by atoms with Crippen molar-refractivity contribution in [3.05, 3.63) is 71.2 Å². The van der Waals surface area contributed by atoms with Gasteiger partial charge >= 0.3 is 0 Å². The maximum Gasteiger partial charge on any atom is 0.253 e. The van der Waals surface area contributed by atoms with E-state index in [1.54, 1.807) is 37.5 Å². The standard InChI is InChI=1S/C29H36N8O/c1-19(17-34-27(32)26(31)16-30)24-9-12-33-28-25(24)15-23(36(28)4)18-37-13-10-21(11-14-37)20-5-7-22(8-6-20)29(38)35(2)3/h5-9,12,15,17,21,27,31,34H,10-11,13-14,18,32H2,1-4H3/b19-17+,31-26?. The Morgan fingerprint density at radius 3 is 2.61 bits per heavy atom. The molecule has 4 rings (SSSR count). The lowest BCUT2D eigenvalue weighted by Gasteiger charge is -2.32. The quantitative estimate of drug-likeness (QED) is 0.313. The summed E-state index contributed by atoms with van der Waals surface area (Å²) in [5.74, 6) is 0.536. The van der Waals surface area contributed by atoms with Crippen molar-refractivity contribution in [3.8, 4) is 6.07 Å². The van der Waals surface area contributed by atoms with Crippen molar-refractivity contribution < 1.29 is 4.79 Å². The van der Waals surface area contributed by atoms with Crippen LogP contribution in [0.1, 0.15) is 52.9 Å². The summed E-state index contributed by atoms with van der Waals surface area (Å²) >= 11 is 0. The van der Waals surface area contributed by atoms with Gasteiger partial charge < -0.3 is 20.5 Å². The van der Waals surface area contributed by atoms with Gasteiger partial charge in [0.1, 0.15) is 23.6 Å². The predicted molar refractivity (Wildman–Crippen MR) is 151 cm³/mol. The van der Waals surface area contributed by atoms with Crippen LogP contribution in [0.3, 0.4) is 0 Å². The summed E-state index contributed by atoms with van der Waals surface area (Å²) < 4.78 is 2.16. The number of rotatable bonds is 8. The van der Waals surface area contributed by atoms with Gasteiger partial charge in [-0.2, -0.15) is 5.26 Å². The van der Waals surface area contributed by atoms with E-state index in [1.165, 1.54) is 11.3 Å². The van der Waals surface area contributed by atoms with Crippen LogP contribution in [0.2, 0.25) is 0 Å². The molecule has 2 aromatic heterocycles. The fraction of sp³-hybridized carbons (Fsp3) is 0.379. The normalized spacial score (nSPS) is 15.7. The van der Waals surface area contributed by atoms with Crippen molar-refractivity contribution >= 4 is 28.2 Å². The summed E-state index contributed by atoms with van der Waals surface area (Å²) in [7, 11) is 5.60. The van der Waals surface area contributed by atoms with Crippen LogP contribution in [0.15, 0.2) is 48.8 Å². The highest BCUT2D eigenvalue weighted by atomic mass is 16.2. The van der Waals surface area contributed by atoms with E-state index in [1.807, 2.05) is 25.1 Å². The molecule has 9 heteroatoms. The van der Waals surface area contributed by atoms with Crippen molar-refractivity contribution in [1.82, 2.24) is 24.7 Å². The van der Waals surface area contributed by atoms with Crippen molar-refractivity contribution in [3.63, 3.8) is 0 Å². The molecule has 38 heavy (non-hydrogen) atoms. The van der Waals surface area contributed by atoms with Crippen LogP contribution in [0.4, 0.5) is 0 Å². The number of aryl methyl sites for hydroxylation is 1. The molecule has 1 amide bonds. The minimum absolute atomic E-state index is 0.0315. The summed E-state index contributed by atoms with van der Waals surface area (Å²) in [6.07, 6.45) is 4.89. The van der Waals surface area contributed by atoms with Crippen LogP contribution in [0.25, 0.3) is 16.6 Å². The van der Waals surface area contributed by atoms with E-state index in [2.05, 4.69) is 45.0 Å². The molecule has 0 aliphatic carbocycles. The van der Waals surface area contributed by atoms with Gasteiger partial charge in [0, 0.05) is 56.7 Å². The first-order chi connectivity index (χ1) is 18.2. The molecular weight excluding hydrogens is 476 g/mol. The molecule has 3 heterocycles. The molecule has 1 saturated heterocycles. The molecule has 3 aromatic rings. The van der Waals surface area contributed by atoms with Gasteiger partial charge in [-0.25, -0.2) is 4.98 Å². The average Bonchev–Trinajstić information content (AvgIpc) is 3.25. The lowest BCUT2D eigenvalue weighted by Crippen LogP contribution is -2.40. The molecule has 0 bridgehead atoms. The lowest BCUT2D eigenvalue weighted by atomic mass is 9.89. The van der Waals surface area contributed by atoms with E-state index in [0.29, 0.717) is 5.92 Å². The van der Waals surface area contributed by atoms with Crippen molar-refractivity contribution in [2.75, 3.05) is 27.2 Å². The van der Waals surface area contributed by atoms with Crippen LogP contribution in [0.5, 0.6) is 0 Å². The molecule has 4 N–H and O–H groups in total. The maximum absolute atomic E-state index is 12.2. The average molecular weight is 513 g/mol. The number of amides is 1. The Balaban J connectivity index is 1.43. The van der Waals surface area contributed by atoms with Gasteiger partial charge in [0.25, 0.3) is 5.91 Å². The number of nitriles is 1. The number of aromatic nitrogens is 2. The monoisotopic (exact) mass is 512 g/mol. The lowest BCUT2D eigenvalue weighted by molar-refractivity contribution is 0.0827. The Labute approximate surface area is 224 Å². The van der Waals surface area contributed by atoms with Crippen LogP contribution >= 0.6 is 0 Å². The van der Waals surface area contributed by atoms with Crippen LogP contribution in [-0.4, -0.2) is 64.3 Å². The van der Waals surface area contributed by atoms with E-state index in [9.17, 15) is 4.79 Å². The predicted octanol–water partition coefficient (Wildman–Crippen LogP) is 3.43. The summed E-state index contributed by atoms with van der Waals surface area (Å²) in [6, 6.07) is 14.0. The molecule has 1 fully saturated rings. The van der Waals surface area contributed by atoms with Crippen LogP contribution in [-0.2, 0) is 13.6 Å². The molecule has 1 unspecified atom stereocenters. The SMILES string of the molecule is C/C(=C\NC(N)C(=N)C#N)c1ccnc2c1cc(CN1CCC(c3ccc(C(=O)N(C)C)cc3)CC1)n2C. The van der Waals surface area contributed by atoms with Gasteiger partial charge in [-0.05, 0) is 79.7 Å². The van der Waals surface area contributed by atoms with Gasteiger partial charge in [-0.15, -0.1) is 0 Å². The molecule has 0 saturated carbocycles. The zero-order valence-electron chi connectivity index (χ0n) is 22.5. The molecule has 1 atom stereocenters. The van der Waals surface area contributed by atoms with Gasteiger partial charge in [-0.1, -0.05) is 12.1 Å². The third-order valence-electron chi connectivity index (χ3n) is 7.37. The number of likely N-dealkylation sites (tertiary alicyclic amines) is 1. The zero-order chi connectivity index (χ0) is 27.4. The Morgan fingerprint density at radius 2 is 1.97 bits per heavy atom. The summed E-state index contributed by atoms with van der Waals surface area (Å²) in [6.45, 7) is 4.85. The van der Waals surface area contributed by atoms with E-state index >= 15 is 0 Å². The van der Waals surface area contributed by atoms with E-state index < -0.39 is 6.17 Å². The molecule has 0 spiro atoms. The van der Waals surface area contributed by atoms with Crippen LogP contribution in [0, 0.1) is 16.7 Å². The molecule has 0 radical (unpaired) electrons. The number of nitrogens with two attached hydrogens (primary N) is 1. The van der Waals surface area contributed by atoms with E-state index in [-0.39, 0.29) is 11.6 Å². The number of hydrogen-bond donors (Lipinski definition) is 3. The Bertz CT molecular complexity index is 1390. The molecule has 9 nitrogen and oxygen atoms in total. The largest absolute Gasteiger partial charge is 0.370 e. The minimum atomic E-state index is -0.833.